The number of anilines is 1. The second-order valence-corrected chi connectivity index (χ2v) is 8.28. The van der Waals surface area contributed by atoms with Crippen LogP contribution < -0.4 is 14.8 Å². The Bertz CT molecular complexity index is 1250. The first-order valence-electron chi connectivity index (χ1n) is 11.1. The van der Waals surface area contributed by atoms with Crippen LogP contribution >= 0.6 is 0 Å². The molecule has 3 aromatic carbocycles. The molecule has 8 nitrogen and oxygen atoms in total. The van der Waals surface area contributed by atoms with E-state index >= 15 is 0 Å². The molecule has 2 atom stereocenters. The molecular weight excluding hydrogens is 455 g/mol. The molecular formula is C26H23FN2O6. The van der Waals surface area contributed by atoms with Gasteiger partial charge in [-0.1, -0.05) is 30.3 Å². The lowest BCUT2D eigenvalue weighted by molar-refractivity contribution is -0.155. The standard InChI is InChI=1S/C26H23FN2O6/c27-20-4-2-1-3-18(20)12-29-21(13-33-14-24(29)30)25(31)16-5-8-19(9-6-16)28-26(32)17-7-10-22-23(11-17)35-15-34-22/h1-11,21,25,31H,12-15H2,(H,28,32). The molecule has 35 heavy (non-hydrogen) atoms. The Balaban J connectivity index is 1.28. The zero-order valence-corrected chi connectivity index (χ0v) is 18.6. The third kappa shape index (κ3) is 4.82. The highest BCUT2D eigenvalue weighted by molar-refractivity contribution is 6.04. The molecule has 9 heteroatoms. The van der Waals surface area contributed by atoms with Crippen LogP contribution in [0.2, 0.25) is 0 Å². The maximum atomic E-state index is 14.2. The average Bonchev–Trinajstić information content (AvgIpc) is 3.34. The summed E-state index contributed by atoms with van der Waals surface area (Å²) in [6.45, 7) is 0.145. The Morgan fingerprint density at radius 2 is 1.86 bits per heavy atom. The molecule has 3 aromatic rings. The quantitative estimate of drug-likeness (QED) is 0.565. The summed E-state index contributed by atoms with van der Waals surface area (Å²) in [4.78, 5) is 26.6. The van der Waals surface area contributed by atoms with E-state index in [1.165, 1.54) is 11.0 Å². The molecule has 0 aliphatic carbocycles. The van der Waals surface area contributed by atoms with Crippen molar-refractivity contribution in [3.8, 4) is 11.5 Å². The molecule has 2 aliphatic heterocycles. The van der Waals surface area contributed by atoms with Gasteiger partial charge in [-0.2, -0.15) is 0 Å². The zero-order chi connectivity index (χ0) is 24.4. The molecule has 1 saturated heterocycles. The number of rotatable bonds is 6. The first-order valence-corrected chi connectivity index (χ1v) is 11.1. The lowest BCUT2D eigenvalue weighted by Crippen LogP contribution is -2.51. The molecule has 2 aliphatic rings. The second-order valence-electron chi connectivity index (χ2n) is 8.28. The van der Waals surface area contributed by atoms with Gasteiger partial charge in [0.25, 0.3) is 5.91 Å². The van der Waals surface area contributed by atoms with Crippen LogP contribution in [0.3, 0.4) is 0 Å². The third-order valence-corrected chi connectivity index (χ3v) is 6.04. The van der Waals surface area contributed by atoms with Crippen LogP contribution in [-0.2, 0) is 16.1 Å². The highest BCUT2D eigenvalue weighted by Gasteiger charge is 2.35. The van der Waals surface area contributed by atoms with Gasteiger partial charge in [0.1, 0.15) is 18.5 Å². The van der Waals surface area contributed by atoms with Gasteiger partial charge in [0, 0.05) is 23.4 Å². The normalized spacial score (nSPS) is 17.8. The van der Waals surface area contributed by atoms with Crippen LogP contribution in [0.15, 0.2) is 66.7 Å². The predicted molar refractivity (Wildman–Crippen MR) is 123 cm³/mol. The van der Waals surface area contributed by atoms with Crippen LogP contribution in [0.4, 0.5) is 10.1 Å². The van der Waals surface area contributed by atoms with E-state index in [-0.39, 0.29) is 38.4 Å². The largest absolute Gasteiger partial charge is 0.454 e. The number of nitrogens with one attached hydrogen (secondary N) is 1. The summed E-state index contributed by atoms with van der Waals surface area (Å²) >= 11 is 0. The number of carbonyl (C=O) groups is 2. The van der Waals surface area contributed by atoms with Gasteiger partial charge in [-0.15, -0.1) is 0 Å². The summed E-state index contributed by atoms with van der Waals surface area (Å²) in [7, 11) is 0. The van der Waals surface area contributed by atoms with Gasteiger partial charge in [0.15, 0.2) is 11.5 Å². The highest BCUT2D eigenvalue weighted by Crippen LogP contribution is 2.33. The fraction of sp³-hybridized carbons (Fsp3) is 0.231. The summed E-state index contributed by atoms with van der Waals surface area (Å²) < 4.78 is 30.1. The minimum absolute atomic E-state index is 0.0280. The van der Waals surface area contributed by atoms with E-state index < -0.39 is 18.0 Å². The minimum Gasteiger partial charge on any atom is -0.454 e. The second kappa shape index (κ2) is 9.73. The number of benzene rings is 3. The number of amides is 2. The van der Waals surface area contributed by atoms with E-state index in [1.54, 1.807) is 60.7 Å². The summed E-state index contributed by atoms with van der Waals surface area (Å²) in [5.41, 5.74) is 1.84. The summed E-state index contributed by atoms with van der Waals surface area (Å²) in [6.07, 6.45) is -1.07. The van der Waals surface area contributed by atoms with Crippen molar-refractivity contribution in [1.29, 1.82) is 0 Å². The fourth-order valence-corrected chi connectivity index (χ4v) is 4.13. The predicted octanol–water partition coefficient (Wildman–Crippen LogP) is 3.27. The number of halogens is 1. The number of hydrogen-bond donors (Lipinski definition) is 2. The van der Waals surface area contributed by atoms with Crippen LogP contribution in [0.25, 0.3) is 0 Å². The van der Waals surface area contributed by atoms with Crippen molar-refractivity contribution in [3.05, 3.63) is 89.2 Å². The maximum absolute atomic E-state index is 14.2. The van der Waals surface area contributed by atoms with Crippen molar-refractivity contribution in [3.63, 3.8) is 0 Å². The van der Waals surface area contributed by atoms with Gasteiger partial charge in [-0.25, -0.2) is 4.39 Å². The van der Waals surface area contributed by atoms with Gasteiger partial charge in [0.2, 0.25) is 12.7 Å². The van der Waals surface area contributed by atoms with Crippen LogP contribution in [-0.4, -0.2) is 47.9 Å². The summed E-state index contributed by atoms with van der Waals surface area (Å²) in [5, 5.41) is 13.8. The van der Waals surface area contributed by atoms with Crippen molar-refractivity contribution in [2.75, 3.05) is 25.3 Å². The van der Waals surface area contributed by atoms with E-state index in [0.717, 1.165) is 0 Å². The molecule has 5 rings (SSSR count). The molecule has 2 unspecified atom stereocenters. The molecule has 0 aromatic heterocycles. The Morgan fingerprint density at radius 3 is 2.66 bits per heavy atom. The first kappa shape index (κ1) is 22.8. The van der Waals surface area contributed by atoms with Gasteiger partial charge >= 0.3 is 0 Å². The van der Waals surface area contributed by atoms with Crippen molar-refractivity contribution in [2.24, 2.45) is 0 Å². The van der Waals surface area contributed by atoms with Gasteiger partial charge in [0.05, 0.1) is 12.6 Å². The van der Waals surface area contributed by atoms with Crippen molar-refractivity contribution < 1.29 is 33.3 Å². The van der Waals surface area contributed by atoms with E-state index in [0.29, 0.717) is 33.9 Å². The molecule has 180 valence electrons. The molecule has 0 saturated carbocycles. The Morgan fingerprint density at radius 1 is 1.09 bits per heavy atom. The van der Waals surface area contributed by atoms with Crippen molar-refractivity contribution in [2.45, 2.75) is 18.7 Å². The number of morpholine rings is 1. The number of ether oxygens (including phenoxy) is 3. The third-order valence-electron chi connectivity index (χ3n) is 6.04. The van der Waals surface area contributed by atoms with Gasteiger partial charge in [-0.3, -0.25) is 9.59 Å². The number of aliphatic hydroxyl groups is 1. The number of aliphatic hydroxyl groups excluding tert-OH is 1. The fourth-order valence-electron chi connectivity index (χ4n) is 4.13. The number of nitrogens with zero attached hydrogens (tertiary/aromatic N) is 1. The smallest absolute Gasteiger partial charge is 0.255 e. The molecule has 0 radical (unpaired) electrons. The summed E-state index contributed by atoms with van der Waals surface area (Å²) in [6, 6.07) is 17.1. The lowest BCUT2D eigenvalue weighted by Gasteiger charge is -2.38. The molecule has 2 amide bonds. The first-order chi connectivity index (χ1) is 17.0. The van der Waals surface area contributed by atoms with Crippen LogP contribution in [0.1, 0.15) is 27.6 Å². The molecule has 0 spiro atoms. The molecule has 2 heterocycles. The number of fused-ring (bicyclic) bond motifs is 1. The molecule has 1 fully saturated rings. The van der Waals surface area contributed by atoms with E-state index in [2.05, 4.69) is 5.32 Å². The van der Waals surface area contributed by atoms with Crippen molar-refractivity contribution >= 4 is 17.5 Å². The molecule has 0 bridgehead atoms. The van der Waals surface area contributed by atoms with Gasteiger partial charge < -0.3 is 29.5 Å². The van der Waals surface area contributed by atoms with E-state index in [1.807, 2.05) is 0 Å². The zero-order valence-electron chi connectivity index (χ0n) is 18.6. The lowest BCUT2D eigenvalue weighted by atomic mass is 9.99. The Hall–Kier alpha value is -3.95. The molecule has 2 N–H and O–H groups in total. The van der Waals surface area contributed by atoms with Gasteiger partial charge in [-0.05, 0) is 42.0 Å². The van der Waals surface area contributed by atoms with E-state index in [4.69, 9.17) is 14.2 Å². The SMILES string of the molecule is O=C(Nc1ccc(C(O)C2COCC(=O)N2Cc2ccccc2F)cc1)c1ccc2c(c1)OCO2. The van der Waals surface area contributed by atoms with Crippen molar-refractivity contribution in [1.82, 2.24) is 4.90 Å². The van der Waals surface area contributed by atoms with Crippen LogP contribution in [0.5, 0.6) is 11.5 Å². The van der Waals surface area contributed by atoms with Crippen LogP contribution in [0, 0.1) is 5.82 Å². The Labute approximate surface area is 200 Å². The Kier molecular flexibility index (Phi) is 6.35. The highest BCUT2D eigenvalue weighted by atomic mass is 19.1. The maximum Gasteiger partial charge on any atom is 0.255 e. The summed E-state index contributed by atoms with van der Waals surface area (Å²) in [5.74, 6) is 0.0482. The topological polar surface area (TPSA) is 97.3 Å². The number of carbonyl (C=O) groups excluding carboxylic acids is 2. The minimum atomic E-state index is -1.07. The average molecular weight is 478 g/mol. The monoisotopic (exact) mass is 478 g/mol. The van der Waals surface area contributed by atoms with E-state index in [9.17, 15) is 19.1 Å². The number of hydrogen-bond acceptors (Lipinski definition) is 6.